The Morgan fingerprint density at radius 3 is 2.44 bits per heavy atom. The van der Waals surface area contributed by atoms with Gasteiger partial charge < -0.3 is 5.11 Å². The molecule has 0 heterocycles. The highest BCUT2D eigenvalue weighted by Crippen LogP contribution is 2.53. The molecule has 1 N–H and O–H groups in total. The van der Waals surface area contributed by atoms with E-state index in [0.29, 0.717) is 35.4 Å². The van der Waals surface area contributed by atoms with E-state index in [1.165, 1.54) is 19.3 Å². The Kier molecular flexibility index (Phi) is 3.25. The average Bonchev–Trinajstić information content (AvgIpc) is 2.28. The number of aliphatic hydroxyl groups is 1. The van der Waals surface area contributed by atoms with Gasteiger partial charge in [0.15, 0.2) is 0 Å². The molecule has 0 aromatic carbocycles. The molecule has 3 rings (SSSR count). The van der Waals surface area contributed by atoms with Crippen LogP contribution in [0.2, 0.25) is 0 Å². The van der Waals surface area contributed by atoms with E-state index in [1.54, 1.807) is 0 Å². The lowest BCUT2D eigenvalue weighted by Gasteiger charge is -2.52. The first-order valence-electron chi connectivity index (χ1n) is 7.76. The van der Waals surface area contributed by atoms with E-state index in [0.717, 1.165) is 25.2 Å². The maximum absolute atomic E-state index is 11.9. The van der Waals surface area contributed by atoms with Crippen LogP contribution in [0.3, 0.4) is 0 Å². The van der Waals surface area contributed by atoms with Crippen LogP contribution in [-0.4, -0.2) is 17.0 Å². The zero-order chi connectivity index (χ0) is 12.9. The van der Waals surface area contributed by atoms with E-state index in [1.807, 2.05) is 0 Å². The molecule has 0 aliphatic heterocycles. The predicted molar refractivity (Wildman–Crippen MR) is 71.0 cm³/mol. The third-order valence-corrected chi connectivity index (χ3v) is 6.04. The Morgan fingerprint density at radius 1 is 0.944 bits per heavy atom. The van der Waals surface area contributed by atoms with Gasteiger partial charge in [-0.05, 0) is 61.2 Å². The van der Waals surface area contributed by atoms with Gasteiger partial charge >= 0.3 is 0 Å². The molecule has 0 spiro atoms. The second-order valence-electron chi connectivity index (χ2n) is 7.30. The van der Waals surface area contributed by atoms with Crippen molar-refractivity contribution in [2.45, 2.75) is 58.5 Å². The molecule has 0 saturated heterocycles. The Bertz CT molecular complexity index is 338. The van der Waals surface area contributed by atoms with Crippen molar-refractivity contribution >= 4 is 5.78 Å². The van der Waals surface area contributed by atoms with Crippen LogP contribution in [0.25, 0.3) is 0 Å². The number of aliphatic hydroxyl groups excluding tert-OH is 1. The Balaban J connectivity index is 1.83. The predicted octanol–water partition coefficient (Wildman–Crippen LogP) is 3.03. The molecule has 2 nitrogen and oxygen atoms in total. The second-order valence-corrected chi connectivity index (χ2v) is 7.30. The maximum atomic E-state index is 11.9. The van der Waals surface area contributed by atoms with Gasteiger partial charge in [0.2, 0.25) is 0 Å². The zero-order valence-corrected chi connectivity index (χ0v) is 11.6. The molecule has 3 saturated carbocycles. The number of ketones is 1. The largest absolute Gasteiger partial charge is 0.393 e. The standard InChI is InChI=1S/C16H26O2/c1-9-5-14-13(16(18)6-9)4-3-12-10(2)7-11(17)8-15(12)14/h9-10,12-16,18H,3-8H2,1-2H3/t9-,10+,12-,13?,14-,15?,16-/m1/s1. The van der Waals surface area contributed by atoms with Crippen LogP contribution in [-0.2, 0) is 4.79 Å². The van der Waals surface area contributed by atoms with E-state index >= 15 is 0 Å². The molecule has 18 heavy (non-hydrogen) atoms. The summed E-state index contributed by atoms with van der Waals surface area (Å²) < 4.78 is 0. The Hall–Kier alpha value is -0.370. The van der Waals surface area contributed by atoms with Gasteiger partial charge in [-0.1, -0.05) is 13.8 Å². The molecule has 2 heteroatoms. The molecule has 3 aliphatic rings. The van der Waals surface area contributed by atoms with Gasteiger partial charge in [-0.2, -0.15) is 0 Å². The SMILES string of the molecule is C[C@@H]1C[C@@H]2C(CC[C@H]3C2CC(=O)C[C@@H]3C)[C@H](O)C1. The molecule has 0 aromatic heterocycles. The topological polar surface area (TPSA) is 37.3 Å². The summed E-state index contributed by atoms with van der Waals surface area (Å²) in [7, 11) is 0. The lowest BCUT2D eigenvalue weighted by Crippen LogP contribution is -2.48. The molecule has 2 unspecified atom stereocenters. The molecule has 102 valence electrons. The first kappa shape index (κ1) is 12.7. The number of rotatable bonds is 0. The Morgan fingerprint density at radius 2 is 1.67 bits per heavy atom. The van der Waals surface area contributed by atoms with E-state index in [2.05, 4.69) is 13.8 Å². The van der Waals surface area contributed by atoms with Crippen LogP contribution in [0.4, 0.5) is 0 Å². The highest BCUT2D eigenvalue weighted by molar-refractivity contribution is 5.79. The van der Waals surface area contributed by atoms with E-state index in [4.69, 9.17) is 0 Å². The third-order valence-electron chi connectivity index (χ3n) is 6.04. The van der Waals surface area contributed by atoms with Gasteiger partial charge in [0.05, 0.1) is 6.10 Å². The van der Waals surface area contributed by atoms with Crippen molar-refractivity contribution in [3.05, 3.63) is 0 Å². The minimum atomic E-state index is -0.105. The lowest BCUT2D eigenvalue weighted by atomic mass is 9.54. The monoisotopic (exact) mass is 250 g/mol. The number of hydrogen-bond acceptors (Lipinski definition) is 2. The summed E-state index contributed by atoms with van der Waals surface area (Å²) in [5.74, 6) is 4.12. The van der Waals surface area contributed by atoms with E-state index in [-0.39, 0.29) is 6.10 Å². The van der Waals surface area contributed by atoms with Gasteiger partial charge in [0.1, 0.15) is 5.78 Å². The van der Waals surface area contributed by atoms with Gasteiger partial charge in [-0.15, -0.1) is 0 Å². The molecule has 3 fully saturated rings. The molecular weight excluding hydrogens is 224 g/mol. The first-order valence-corrected chi connectivity index (χ1v) is 7.76. The summed E-state index contributed by atoms with van der Waals surface area (Å²) >= 11 is 0. The van der Waals surface area contributed by atoms with E-state index < -0.39 is 0 Å². The van der Waals surface area contributed by atoms with Crippen molar-refractivity contribution < 1.29 is 9.90 Å². The minimum absolute atomic E-state index is 0.105. The van der Waals surface area contributed by atoms with Crippen molar-refractivity contribution in [3.8, 4) is 0 Å². The Labute approximate surface area is 110 Å². The summed E-state index contributed by atoms with van der Waals surface area (Å²) in [5.41, 5.74) is 0. The van der Waals surface area contributed by atoms with Crippen molar-refractivity contribution in [1.82, 2.24) is 0 Å². The smallest absolute Gasteiger partial charge is 0.133 e. The van der Waals surface area contributed by atoms with Crippen molar-refractivity contribution in [2.24, 2.45) is 35.5 Å². The second kappa shape index (κ2) is 4.63. The summed E-state index contributed by atoms with van der Waals surface area (Å²) in [5, 5.41) is 10.3. The van der Waals surface area contributed by atoms with Gasteiger partial charge in [-0.3, -0.25) is 4.79 Å². The van der Waals surface area contributed by atoms with E-state index in [9.17, 15) is 9.90 Å². The van der Waals surface area contributed by atoms with Crippen LogP contribution >= 0.6 is 0 Å². The molecule has 0 amide bonds. The number of carbonyl (C=O) groups excluding carboxylic acids is 1. The van der Waals surface area contributed by atoms with Crippen LogP contribution in [0.15, 0.2) is 0 Å². The van der Waals surface area contributed by atoms with Gasteiger partial charge in [0.25, 0.3) is 0 Å². The first-order chi connectivity index (χ1) is 8.56. The van der Waals surface area contributed by atoms with Crippen LogP contribution in [0, 0.1) is 35.5 Å². The lowest BCUT2D eigenvalue weighted by molar-refractivity contribution is -0.132. The van der Waals surface area contributed by atoms with Gasteiger partial charge in [-0.25, -0.2) is 0 Å². The number of carbonyl (C=O) groups is 1. The summed E-state index contributed by atoms with van der Waals surface area (Å²) in [4.78, 5) is 11.9. The minimum Gasteiger partial charge on any atom is -0.393 e. The molecule has 0 radical (unpaired) electrons. The molecule has 3 aliphatic carbocycles. The number of hydrogen-bond donors (Lipinski definition) is 1. The highest BCUT2D eigenvalue weighted by atomic mass is 16.3. The molecular formula is C16H26O2. The maximum Gasteiger partial charge on any atom is 0.133 e. The normalized spacial score (nSPS) is 52.6. The van der Waals surface area contributed by atoms with Crippen LogP contribution < -0.4 is 0 Å². The molecule has 0 bridgehead atoms. The van der Waals surface area contributed by atoms with Crippen molar-refractivity contribution in [2.75, 3.05) is 0 Å². The quantitative estimate of drug-likeness (QED) is 0.717. The fourth-order valence-electron chi connectivity index (χ4n) is 5.29. The fraction of sp³-hybridized carbons (Fsp3) is 0.938. The zero-order valence-electron chi connectivity index (χ0n) is 11.6. The van der Waals surface area contributed by atoms with Crippen LogP contribution in [0.1, 0.15) is 52.4 Å². The number of fused-ring (bicyclic) bond motifs is 3. The fourth-order valence-corrected chi connectivity index (χ4v) is 5.29. The molecule has 0 aromatic rings. The van der Waals surface area contributed by atoms with Crippen LogP contribution in [0.5, 0.6) is 0 Å². The highest BCUT2D eigenvalue weighted by Gasteiger charge is 2.48. The average molecular weight is 250 g/mol. The van der Waals surface area contributed by atoms with Crippen molar-refractivity contribution in [3.63, 3.8) is 0 Å². The van der Waals surface area contributed by atoms with Crippen molar-refractivity contribution in [1.29, 1.82) is 0 Å². The number of Topliss-reactive ketones (excluding diaryl/α,β-unsaturated/α-hetero) is 1. The summed E-state index contributed by atoms with van der Waals surface area (Å²) in [6.07, 6.45) is 6.15. The summed E-state index contributed by atoms with van der Waals surface area (Å²) in [6.45, 7) is 4.52. The molecule has 7 atom stereocenters. The summed E-state index contributed by atoms with van der Waals surface area (Å²) in [6, 6.07) is 0. The third kappa shape index (κ3) is 2.03. The van der Waals surface area contributed by atoms with Gasteiger partial charge in [0, 0.05) is 12.8 Å².